The van der Waals surface area contributed by atoms with Gasteiger partial charge >= 0.3 is 0 Å². The van der Waals surface area contributed by atoms with Crippen molar-refractivity contribution in [3.63, 3.8) is 0 Å². The third kappa shape index (κ3) is 3.67. The summed E-state index contributed by atoms with van der Waals surface area (Å²) in [5.41, 5.74) is 2.01. The number of carbonyl (C=O) groups excluding carboxylic acids is 1. The fraction of sp³-hybridized carbons (Fsp3) is 0.450. The SMILES string of the molecule is CC(C)c1nc(CC(=O)N2CCC(c3nc4ccccc4s3)CC2)cs1. The van der Waals surface area contributed by atoms with Gasteiger partial charge in [-0.3, -0.25) is 4.79 Å². The highest BCUT2D eigenvalue weighted by atomic mass is 32.1. The Morgan fingerprint density at radius 1 is 1.23 bits per heavy atom. The van der Waals surface area contributed by atoms with Gasteiger partial charge in [0.15, 0.2) is 0 Å². The van der Waals surface area contributed by atoms with Crippen molar-refractivity contribution in [1.82, 2.24) is 14.9 Å². The number of rotatable bonds is 4. The Labute approximate surface area is 161 Å². The molecule has 136 valence electrons. The van der Waals surface area contributed by atoms with Crippen LogP contribution in [0.25, 0.3) is 10.2 Å². The Kier molecular flexibility index (Phi) is 5.05. The Balaban J connectivity index is 1.35. The van der Waals surface area contributed by atoms with Crippen molar-refractivity contribution in [3.8, 4) is 0 Å². The minimum Gasteiger partial charge on any atom is -0.342 e. The number of amides is 1. The molecule has 1 aromatic carbocycles. The lowest BCUT2D eigenvalue weighted by Gasteiger charge is -2.31. The monoisotopic (exact) mass is 385 g/mol. The Morgan fingerprint density at radius 3 is 2.69 bits per heavy atom. The summed E-state index contributed by atoms with van der Waals surface area (Å²) in [7, 11) is 0. The van der Waals surface area contributed by atoms with Gasteiger partial charge in [-0.1, -0.05) is 26.0 Å². The van der Waals surface area contributed by atoms with E-state index in [9.17, 15) is 4.79 Å². The van der Waals surface area contributed by atoms with E-state index in [-0.39, 0.29) is 5.91 Å². The maximum atomic E-state index is 12.6. The van der Waals surface area contributed by atoms with Crippen molar-refractivity contribution in [1.29, 1.82) is 0 Å². The fourth-order valence-corrected chi connectivity index (χ4v) is 5.35. The lowest BCUT2D eigenvalue weighted by atomic mass is 9.97. The van der Waals surface area contributed by atoms with Gasteiger partial charge in [0, 0.05) is 30.3 Å². The quantitative estimate of drug-likeness (QED) is 0.646. The molecule has 4 rings (SSSR count). The molecule has 1 aliphatic heterocycles. The summed E-state index contributed by atoms with van der Waals surface area (Å²) in [6.45, 7) is 5.91. The Bertz CT molecular complexity index is 874. The summed E-state index contributed by atoms with van der Waals surface area (Å²) in [4.78, 5) is 24.0. The Morgan fingerprint density at radius 2 is 2.00 bits per heavy atom. The molecule has 6 heteroatoms. The number of fused-ring (bicyclic) bond motifs is 1. The summed E-state index contributed by atoms with van der Waals surface area (Å²) < 4.78 is 1.26. The highest BCUT2D eigenvalue weighted by Crippen LogP contribution is 2.34. The molecule has 1 saturated heterocycles. The number of hydrogen-bond acceptors (Lipinski definition) is 5. The molecule has 1 amide bonds. The van der Waals surface area contributed by atoms with Crippen LogP contribution in [0.3, 0.4) is 0 Å². The largest absolute Gasteiger partial charge is 0.342 e. The predicted molar refractivity (Wildman–Crippen MR) is 108 cm³/mol. The number of benzene rings is 1. The molecule has 0 aliphatic carbocycles. The summed E-state index contributed by atoms with van der Waals surface area (Å²) in [5, 5.41) is 4.36. The average Bonchev–Trinajstić information content (AvgIpc) is 3.28. The van der Waals surface area contributed by atoms with Gasteiger partial charge in [-0.25, -0.2) is 9.97 Å². The van der Waals surface area contributed by atoms with Crippen LogP contribution in [0.2, 0.25) is 0 Å². The van der Waals surface area contributed by atoms with E-state index in [2.05, 4.69) is 37.0 Å². The van der Waals surface area contributed by atoms with E-state index >= 15 is 0 Å². The molecule has 0 spiro atoms. The first-order valence-corrected chi connectivity index (χ1v) is 10.9. The van der Waals surface area contributed by atoms with Crippen molar-refractivity contribution >= 4 is 38.8 Å². The first-order chi connectivity index (χ1) is 12.6. The second-order valence-electron chi connectivity index (χ2n) is 7.18. The molecule has 0 radical (unpaired) electrons. The Hall–Kier alpha value is -1.79. The van der Waals surface area contributed by atoms with Crippen LogP contribution in [-0.2, 0) is 11.2 Å². The average molecular weight is 386 g/mol. The number of likely N-dealkylation sites (tertiary alicyclic amines) is 1. The first kappa shape index (κ1) is 17.6. The topological polar surface area (TPSA) is 46.1 Å². The van der Waals surface area contributed by atoms with Crippen molar-refractivity contribution in [2.24, 2.45) is 0 Å². The van der Waals surface area contributed by atoms with E-state index in [4.69, 9.17) is 4.98 Å². The molecule has 0 unspecified atom stereocenters. The van der Waals surface area contributed by atoms with Crippen LogP contribution < -0.4 is 0 Å². The minimum absolute atomic E-state index is 0.202. The van der Waals surface area contributed by atoms with Crippen LogP contribution in [0.4, 0.5) is 0 Å². The number of hydrogen-bond donors (Lipinski definition) is 0. The van der Waals surface area contributed by atoms with Crippen molar-refractivity contribution < 1.29 is 4.79 Å². The van der Waals surface area contributed by atoms with Gasteiger partial charge in [-0.05, 0) is 25.0 Å². The van der Waals surface area contributed by atoms with E-state index in [0.29, 0.717) is 18.3 Å². The van der Waals surface area contributed by atoms with E-state index in [0.717, 1.165) is 42.1 Å². The van der Waals surface area contributed by atoms with Gasteiger partial charge in [0.25, 0.3) is 0 Å². The van der Waals surface area contributed by atoms with Gasteiger partial charge in [-0.15, -0.1) is 22.7 Å². The second-order valence-corrected chi connectivity index (χ2v) is 9.14. The standard InChI is InChI=1S/C20H23N3OS2/c1-13(2)19-21-15(12-25-19)11-18(24)23-9-7-14(8-10-23)20-22-16-5-3-4-6-17(16)26-20/h3-6,12-14H,7-11H2,1-2H3. The van der Waals surface area contributed by atoms with Crippen molar-refractivity contribution in [2.75, 3.05) is 13.1 Å². The van der Waals surface area contributed by atoms with Crippen LogP contribution in [0.1, 0.15) is 54.2 Å². The smallest absolute Gasteiger partial charge is 0.228 e. The molecule has 3 heterocycles. The maximum Gasteiger partial charge on any atom is 0.228 e. The van der Waals surface area contributed by atoms with Crippen molar-refractivity contribution in [2.45, 2.75) is 44.9 Å². The minimum atomic E-state index is 0.202. The molecule has 2 aromatic heterocycles. The summed E-state index contributed by atoms with van der Waals surface area (Å²) in [5.74, 6) is 1.10. The molecule has 0 bridgehead atoms. The molecule has 0 atom stereocenters. The number of carbonyl (C=O) groups is 1. The number of thiazole rings is 2. The first-order valence-electron chi connectivity index (χ1n) is 9.17. The van der Waals surface area contributed by atoms with Crippen LogP contribution in [-0.4, -0.2) is 33.9 Å². The zero-order chi connectivity index (χ0) is 18.1. The molecule has 1 aliphatic rings. The number of para-hydroxylation sites is 1. The van der Waals surface area contributed by atoms with Crippen LogP contribution in [0.5, 0.6) is 0 Å². The van der Waals surface area contributed by atoms with Crippen LogP contribution >= 0.6 is 22.7 Å². The molecule has 1 fully saturated rings. The molecular weight excluding hydrogens is 362 g/mol. The molecule has 4 nitrogen and oxygen atoms in total. The molecule has 0 saturated carbocycles. The summed E-state index contributed by atoms with van der Waals surface area (Å²) in [6.07, 6.45) is 2.43. The molecule has 3 aromatic rings. The molecule has 26 heavy (non-hydrogen) atoms. The third-order valence-electron chi connectivity index (χ3n) is 4.90. The number of nitrogens with zero attached hydrogens (tertiary/aromatic N) is 3. The highest BCUT2D eigenvalue weighted by molar-refractivity contribution is 7.18. The van der Waals surface area contributed by atoms with Crippen LogP contribution in [0, 0.1) is 0 Å². The van der Waals surface area contributed by atoms with E-state index in [1.807, 2.05) is 16.3 Å². The normalized spacial score (nSPS) is 15.9. The van der Waals surface area contributed by atoms with Gasteiger partial charge < -0.3 is 4.90 Å². The van der Waals surface area contributed by atoms with E-state index in [1.54, 1.807) is 22.7 Å². The van der Waals surface area contributed by atoms with Gasteiger partial charge in [0.05, 0.1) is 32.3 Å². The fourth-order valence-electron chi connectivity index (χ4n) is 3.38. The third-order valence-corrected chi connectivity index (χ3v) is 7.30. The zero-order valence-corrected chi connectivity index (χ0v) is 16.8. The van der Waals surface area contributed by atoms with Crippen LogP contribution in [0.15, 0.2) is 29.6 Å². The molecule has 0 N–H and O–H groups in total. The lowest BCUT2D eigenvalue weighted by Crippen LogP contribution is -2.38. The van der Waals surface area contributed by atoms with E-state index < -0.39 is 0 Å². The number of piperidine rings is 1. The predicted octanol–water partition coefficient (Wildman–Crippen LogP) is 4.82. The van der Waals surface area contributed by atoms with Gasteiger partial charge in [0.1, 0.15) is 0 Å². The lowest BCUT2D eigenvalue weighted by molar-refractivity contribution is -0.131. The second kappa shape index (κ2) is 7.45. The summed E-state index contributed by atoms with van der Waals surface area (Å²) in [6, 6.07) is 8.31. The molecular formula is C20H23N3OS2. The zero-order valence-electron chi connectivity index (χ0n) is 15.1. The van der Waals surface area contributed by atoms with Gasteiger partial charge in [0.2, 0.25) is 5.91 Å². The summed E-state index contributed by atoms with van der Waals surface area (Å²) >= 11 is 3.46. The van der Waals surface area contributed by atoms with E-state index in [1.165, 1.54) is 9.71 Å². The number of aromatic nitrogens is 2. The van der Waals surface area contributed by atoms with Gasteiger partial charge in [-0.2, -0.15) is 0 Å². The highest BCUT2D eigenvalue weighted by Gasteiger charge is 2.26. The van der Waals surface area contributed by atoms with Crippen molar-refractivity contribution in [3.05, 3.63) is 45.4 Å². The maximum absolute atomic E-state index is 12.6.